The number of ether oxygens (including phenoxy) is 3. The molecule has 1 unspecified atom stereocenters. The lowest BCUT2D eigenvalue weighted by Crippen LogP contribution is -2.36. The summed E-state index contributed by atoms with van der Waals surface area (Å²) in [6.07, 6.45) is 1.69. The highest BCUT2D eigenvalue weighted by atomic mass is 32.2. The normalized spacial score (nSPS) is 14.9. The summed E-state index contributed by atoms with van der Waals surface area (Å²) >= 11 is 0. The Hall–Kier alpha value is -3.48. The van der Waals surface area contributed by atoms with E-state index < -0.39 is 20.8 Å². The van der Waals surface area contributed by atoms with Crippen molar-refractivity contribution in [1.29, 1.82) is 0 Å². The summed E-state index contributed by atoms with van der Waals surface area (Å²) in [5.74, 6) is 0.904. The Balaban J connectivity index is 1.59. The van der Waals surface area contributed by atoms with Crippen molar-refractivity contribution in [3.8, 4) is 11.5 Å². The smallest absolute Gasteiger partial charge is 0.270 e. The van der Waals surface area contributed by atoms with Crippen molar-refractivity contribution in [3.63, 3.8) is 0 Å². The first kappa shape index (κ1) is 27.1. The van der Waals surface area contributed by atoms with E-state index in [9.17, 15) is 12.6 Å². The van der Waals surface area contributed by atoms with Gasteiger partial charge in [-0.1, -0.05) is 0 Å². The van der Waals surface area contributed by atoms with E-state index in [2.05, 4.69) is 14.9 Å². The highest BCUT2D eigenvalue weighted by molar-refractivity contribution is 7.91. The molecule has 1 saturated heterocycles. The molecule has 0 bridgehead atoms. The largest absolute Gasteiger partial charge is 0.497 e. The van der Waals surface area contributed by atoms with Crippen LogP contribution in [0.1, 0.15) is 16.8 Å². The minimum atomic E-state index is -4.18. The molecule has 5 rings (SSSR count). The summed E-state index contributed by atoms with van der Waals surface area (Å²) in [6.45, 7) is 6.52. The number of aryl methyl sites for hydroxylation is 1. The highest BCUT2D eigenvalue weighted by Gasteiger charge is 2.29. The first-order valence-corrected chi connectivity index (χ1v) is 15.1. The van der Waals surface area contributed by atoms with Gasteiger partial charge in [-0.15, -0.1) is 0 Å². The summed E-state index contributed by atoms with van der Waals surface area (Å²) in [7, 11) is -3.03. The fourth-order valence-corrected chi connectivity index (χ4v) is 7.51. The van der Waals surface area contributed by atoms with Gasteiger partial charge >= 0.3 is 0 Å². The summed E-state index contributed by atoms with van der Waals surface area (Å²) in [5.41, 5.74) is 3.84. The third kappa shape index (κ3) is 5.11. The van der Waals surface area contributed by atoms with Crippen LogP contribution < -0.4 is 14.4 Å². The highest BCUT2D eigenvalue weighted by Crippen LogP contribution is 2.31. The van der Waals surface area contributed by atoms with Crippen LogP contribution in [0.5, 0.6) is 11.5 Å². The van der Waals surface area contributed by atoms with E-state index in [-0.39, 0.29) is 21.3 Å². The van der Waals surface area contributed by atoms with Crippen molar-refractivity contribution in [1.82, 2.24) is 13.9 Å². The lowest BCUT2D eigenvalue weighted by molar-refractivity contribution is 0.122. The molecule has 1 fully saturated rings. The first-order chi connectivity index (χ1) is 18.7. The van der Waals surface area contributed by atoms with Crippen LogP contribution in [0.3, 0.4) is 0 Å². The van der Waals surface area contributed by atoms with Gasteiger partial charge in [0.05, 0.1) is 65.6 Å². The van der Waals surface area contributed by atoms with Crippen molar-refractivity contribution < 1.29 is 26.8 Å². The van der Waals surface area contributed by atoms with Gasteiger partial charge in [-0.3, -0.25) is 9.19 Å². The molecule has 1 aliphatic heterocycles. The Kier molecular flexibility index (Phi) is 7.61. The molecular weight excluding hydrogens is 540 g/mol. The van der Waals surface area contributed by atoms with Gasteiger partial charge in [0.15, 0.2) is 0 Å². The molecule has 10 nitrogen and oxygen atoms in total. The average Bonchev–Trinajstić information content (AvgIpc) is 3.35. The predicted octanol–water partition coefficient (Wildman–Crippen LogP) is 3.45. The number of benzene rings is 2. The van der Waals surface area contributed by atoms with Crippen molar-refractivity contribution in [2.75, 3.05) is 45.4 Å². The SMILES string of the molecule is COc1ccc2nc(S(=O)Cc3ncc(C)c(C)c3OC)n(S(=O)(=O)c3ccc(N4CCOCC4)cc3)c2c1. The standard InChI is InChI=1S/C27H30N4O6S2/c1-18-16-28-24(26(36-4)19(18)2)17-38(32)27-29-23-10-7-21(35-3)15-25(23)31(27)39(33,34)22-8-5-20(6-9-22)30-11-13-37-14-12-30/h5-10,15-16H,11-14,17H2,1-4H3. The van der Waals surface area contributed by atoms with Gasteiger partial charge < -0.3 is 19.1 Å². The van der Waals surface area contributed by atoms with Crippen LogP contribution in [-0.4, -0.2) is 67.1 Å². The second-order valence-electron chi connectivity index (χ2n) is 9.15. The second-order valence-corrected chi connectivity index (χ2v) is 12.3. The van der Waals surface area contributed by atoms with Crippen LogP contribution in [0.25, 0.3) is 11.0 Å². The van der Waals surface area contributed by atoms with Crippen molar-refractivity contribution >= 4 is 37.5 Å². The van der Waals surface area contributed by atoms with E-state index in [1.165, 1.54) is 14.2 Å². The maximum Gasteiger partial charge on any atom is 0.270 e. The quantitative estimate of drug-likeness (QED) is 0.314. The van der Waals surface area contributed by atoms with Crippen LogP contribution in [0, 0.1) is 13.8 Å². The topological polar surface area (TPSA) is 113 Å². The van der Waals surface area contributed by atoms with Gasteiger partial charge in [0, 0.05) is 31.0 Å². The van der Waals surface area contributed by atoms with Crippen LogP contribution in [-0.2, 0) is 31.3 Å². The molecule has 1 aliphatic rings. The summed E-state index contributed by atoms with van der Waals surface area (Å²) in [4.78, 5) is 11.1. The predicted molar refractivity (Wildman–Crippen MR) is 149 cm³/mol. The van der Waals surface area contributed by atoms with Crippen molar-refractivity contribution in [3.05, 3.63) is 65.5 Å². The van der Waals surface area contributed by atoms with Gasteiger partial charge in [0.25, 0.3) is 10.0 Å². The van der Waals surface area contributed by atoms with E-state index >= 15 is 0 Å². The zero-order chi connectivity index (χ0) is 27.7. The zero-order valence-corrected chi connectivity index (χ0v) is 23.8. The first-order valence-electron chi connectivity index (χ1n) is 12.4. The number of morpholine rings is 1. The maximum absolute atomic E-state index is 14.1. The summed E-state index contributed by atoms with van der Waals surface area (Å²) in [6, 6.07) is 11.6. The van der Waals surface area contributed by atoms with Crippen LogP contribution in [0.4, 0.5) is 5.69 Å². The Morgan fingerprint density at radius 3 is 2.41 bits per heavy atom. The third-order valence-electron chi connectivity index (χ3n) is 6.83. The molecule has 4 aromatic rings. The zero-order valence-electron chi connectivity index (χ0n) is 22.2. The summed E-state index contributed by atoms with van der Waals surface area (Å²) in [5, 5.41) is -0.0995. The minimum absolute atomic E-state index is 0.0572. The number of hydrogen-bond donors (Lipinski definition) is 0. The molecule has 0 spiro atoms. The third-order valence-corrected chi connectivity index (χ3v) is 9.88. The van der Waals surface area contributed by atoms with Gasteiger partial charge in [0.2, 0.25) is 5.16 Å². The molecule has 39 heavy (non-hydrogen) atoms. The Labute approximate surface area is 230 Å². The number of imidazole rings is 1. The van der Waals surface area contributed by atoms with Crippen LogP contribution in [0.15, 0.2) is 58.7 Å². The molecule has 0 radical (unpaired) electrons. The molecular formula is C27H30N4O6S2. The fourth-order valence-electron chi connectivity index (χ4n) is 4.56. The van der Waals surface area contributed by atoms with Gasteiger partial charge in [-0.25, -0.2) is 17.4 Å². The molecule has 0 amide bonds. The van der Waals surface area contributed by atoms with Gasteiger partial charge in [0.1, 0.15) is 11.5 Å². The number of fused-ring (bicyclic) bond motifs is 1. The fraction of sp³-hybridized carbons (Fsp3) is 0.333. The number of nitrogens with zero attached hydrogens (tertiary/aromatic N) is 4. The molecule has 2 aromatic heterocycles. The van der Waals surface area contributed by atoms with Crippen LogP contribution in [0.2, 0.25) is 0 Å². The Bertz CT molecular complexity index is 1650. The van der Waals surface area contributed by atoms with Gasteiger partial charge in [-0.2, -0.15) is 0 Å². The second kappa shape index (κ2) is 10.9. The number of rotatable bonds is 8. The summed E-state index contributed by atoms with van der Waals surface area (Å²) < 4.78 is 59.3. The molecule has 2 aromatic carbocycles. The number of hydrogen-bond acceptors (Lipinski definition) is 9. The van der Waals surface area contributed by atoms with Gasteiger partial charge in [-0.05, 0) is 61.4 Å². The molecule has 206 valence electrons. The average molecular weight is 571 g/mol. The molecule has 3 heterocycles. The lowest BCUT2D eigenvalue weighted by atomic mass is 10.1. The Morgan fingerprint density at radius 1 is 1.03 bits per heavy atom. The number of methoxy groups -OCH3 is 2. The molecule has 1 atom stereocenters. The monoisotopic (exact) mass is 570 g/mol. The lowest BCUT2D eigenvalue weighted by Gasteiger charge is -2.28. The molecule has 0 N–H and O–H groups in total. The van der Waals surface area contributed by atoms with E-state index in [0.29, 0.717) is 35.9 Å². The van der Waals surface area contributed by atoms with E-state index in [1.807, 2.05) is 13.8 Å². The molecule has 0 saturated carbocycles. The van der Waals surface area contributed by atoms with Crippen molar-refractivity contribution in [2.24, 2.45) is 0 Å². The Morgan fingerprint density at radius 2 is 1.74 bits per heavy atom. The van der Waals surface area contributed by atoms with E-state index in [0.717, 1.165) is 33.9 Å². The number of pyridine rings is 1. The van der Waals surface area contributed by atoms with E-state index in [4.69, 9.17) is 14.2 Å². The number of anilines is 1. The number of aromatic nitrogens is 3. The van der Waals surface area contributed by atoms with E-state index in [1.54, 1.807) is 48.7 Å². The minimum Gasteiger partial charge on any atom is -0.497 e. The molecule has 0 aliphatic carbocycles. The van der Waals surface area contributed by atoms with Crippen LogP contribution >= 0.6 is 0 Å². The molecule has 12 heteroatoms. The van der Waals surface area contributed by atoms with Crippen molar-refractivity contribution in [2.45, 2.75) is 29.7 Å². The maximum atomic E-state index is 14.1.